The maximum absolute atomic E-state index is 11.5. The van der Waals surface area contributed by atoms with Crippen molar-refractivity contribution in [3.05, 3.63) is 0 Å². The Labute approximate surface area is 123 Å². The van der Waals surface area contributed by atoms with Crippen molar-refractivity contribution in [3.8, 4) is 0 Å². The molecular weight excluding hydrogens is 280 g/mol. The summed E-state index contributed by atoms with van der Waals surface area (Å²) in [5, 5.41) is 6.58. The molecule has 0 heterocycles. The molecule has 21 heavy (non-hydrogen) atoms. The molecule has 0 aliphatic carbocycles. The molecule has 0 radical (unpaired) electrons. The van der Waals surface area contributed by atoms with Crippen LogP contribution in [0.5, 0.6) is 0 Å². The molecule has 0 saturated carbocycles. The number of hydrazine groups is 1. The Morgan fingerprint density at radius 1 is 1.33 bits per heavy atom. The maximum Gasteiger partial charge on any atom is 0.408 e. The van der Waals surface area contributed by atoms with Gasteiger partial charge in [-0.25, -0.2) is 20.5 Å². The predicted molar refractivity (Wildman–Crippen MR) is 75.3 cm³/mol. The number of carbonyl (C=O) groups excluding carboxylic acids is 3. The lowest BCUT2D eigenvalue weighted by molar-refractivity contribution is -0.134. The van der Waals surface area contributed by atoms with E-state index in [2.05, 4.69) is 15.2 Å². The number of rotatable bonds is 7. The van der Waals surface area contributed by atoms with Gasteiger partial charge in [-0.2, -0.15) is 5.10 Å². The molecule has 0 aliphatic heterocycles. The molecule has 0 bridgehead atoms. The number of amides is 1. The number of hydrogen-bond acceptors (Lipinski definition) is 8. The standard InChI is InChI=1S/C12H22N4O5/c1-5-20-10(18)7-15-16(13)8-9(17)6-14-11(19)21-12(2,3)4/h7H,5-6,8,13H2,1-4H3,(H,14,19). The van der Waals surface area contributed by atoms with E-state index in [1.54, 1.807) is 27.7 Å². The van der Waals surface area contributed by atoms with Crippen molar-refractivity contribution in [1.29, 1.82) is 0 Å². The molecule has 0 rings (SSSR count). The number of hydrogen-bond donors (Lipinski definition) is 2. The van der Waals surface area contributed by atoms with E-state index < -0.39 is 23.4 Å². The first-order chi connectivity index (χ1) is 9.64. The fourth-order valence-electron chi connectivity index (χ4n) is 1.06. The van der Waals surface area contributed by atoms with Gasteiger partial charge in [-0.15, -0.1) is 0 Å². The molecule has 0 aromatic heterocycles. The molecular formula is C12H22N4O5. The quantitative estimate of drug-likeness (QED) is 0.289. The summed E-state index contributed by atoms with van der Waals surface area (Å²) < 4.78 is 9.55. The van der Waals surface area contributed by atoms with Crippen molar-refractivity contribution in [2.75, 3.05) is 19.7 Å². The molecule has 0 aliphatic rings. The minimum absolute atomic E-state index is 0.216. The van der Waals surface area contributed by atoms with Crippen LogP contribution in [-0.2, 0) is 19.1 Å². The monoisotopic (exact) mass is 302 g/mol. The van der Waals surface area contributed by atoms with Gasteiger partial charge in [0.15, 0.2) is 5.78 Å². The van der Waals surface area contributed by atoms with Gasteiger partial charge in [0.1, 0.15) is 18.4 Å². The van der Waals surface area contributed by atoms with Crippen molar-refractivity contribution < 1.29 is 23.9 Å². The highest BCUT2D eigenvalue weighted by Crippen LogP contribution is 2.06. The van der Waals surface area contributed by atoms with Crippen molar-refractivity contribution >= 4 is 24.1 Å². The van der Waals surface area contributed by atoms with Gasteiger partial charge < -0.3 is 14.8 Å². The summed E-state index contributed by atoms with van der Waals surface area (Å²) in [7, 11) is 0. The average molecular weight is 302 g/mol. The molecule has 0 spiro atoms. The third kappa shape index (κ3) is 11.4. The van der Waals surface area contributed by atoms with E-state index in [4.69, 9.17) is 10.6 Å². The highest BCUT2D eigenvalue weighted by Gasteiger charge is 2.16. The van der Waals surface area contributed by atoms with Gasteiger partial charge in [-0.3, -0.25) is 4.79 Å². The second-order valence-electron chi connectivity index (χ2n) is 4.99. The lowest BCUT2D eigenvalue weighted by atomic mass is 10.2. The van der Waals surface area contributed by atoms with Crippen LogP contribution in [0, 0.1) is 0 Å². The first-order valence-electron chi connectivity index (χ1n) is 6.35. The molecule has 9 heteroatoms. The van der Waals surface area contributed by atoms with E-state index >= 15 is 0 Å². The van der Waals surface area contributed by atoms with Gasteiger partial charge in [-0.05, 0) is 27.7 Å². The second kappa shape index (κ2) is 8.90. The van der Waals surface area contributed by atoms with Crippen molar-refractivity contribution in [2.24, 2.45) is 10.9 Å². The van der Waals surface area contributed by atoms with Gasteiger partial charge in [0, 0.05) is 0 Å². The van der Waals surface area contributed by atoms with E-state index in [1.807, 2.05) is 0 Å². The van der Waals surface area contributed by atoms with Crippen LogP contribution in [0.1, 0.15) is 27.7 Å². The topological polar surface area (TPSA) is 123 Å². The zero-order valence-corrected chi connectivity index (χ0v) is 12.7. The van der Waals surface area contributed by atoms with E-state index in [9.17, 15) is 14.4 Å². The summed E-state index contributed by atoms with van der Waals surface area (Å²) in [6.07, 6.45) is 0.160. The lowest BCUT2D eigenvalue weighted by Gasteiger charge is -2.19. The Balaban J connectivity index is 4.04. The number of esters is 1. The highest BCUT2D eigenvalue weighted by atomic mass is 16.6. The fraction of sp³-hybridized carbons (Fsp3) is 0.667. The van der Waals surface area contributed by atoms with E-state index in [0.717, 1.165) is 11.3 Å². The molecule has 0 aromatic carbocycles. The van der Waals surface area contributed by atoms with Crippen LogP contribution in [0.4, 0.5) is 4.79 Å². The number of alkyl carbamates (subject to hydrolysis) is 1. The van der Waals surface area contributed by atoms with Gasteiger partial charge in [0.25, 0.3) is 0 Å². The van der Waals surface area contributed by atoms with Crippen LogP contribution < -0.4 is 11.2 Å². The molecule has 0 fully saturated rings. The number of hydrazone groups is 1. The first-order valence-corrected chi connectivity index (χ1v) is 6.35. The number of Topliss-reactive ketones (excluding diaryl/α,β-unsaturated/α-hetero) is 1. The Morgan fingerprint density at radius 2 is 1.95 bits per heavy atom. The summed E-state index contributed by atoms with van der Waals surface area (Å²) in [5.41, 5.74) is -0.642. The van der Waals surface area contributed by atoms with Crippen LogP contribution in [0.2, 0.25) is 0 Å². The zero-order valence-electron chi connectivity index (χ0n) is 12.7. The second-order valence-corrected chi connectivity index (χ2v) is 4.99. The van der Waals surface area contributed by atoms with Crippen LogP contribution in [0.25, 0.3) is 0 Å². The van der Waals surface area contributed by atoms with E-state index in [0.29, 0.717) is 0 Å². The summed E-state index contributed by atoms with van der Waals surface area (Å²) in [5.74, 6) is 4.33. The number of nitrogens with zero attached hydrogens (tertiary/aromatic N) is 2. The maximum atomic E-state index is 11.5. The van der Waals surface area contributed by atoms with Crippen LogP contribution in [-0.4, -0.2) is 54.5 Å². The number of ether oxygens (including phenoxy) is 2. The third-order valence-corrected chi connectivity index (χ3v) is 1.77. The third-order valence-electron chi connectivity index (χ3n) is 1.77. The molecule has 9 nitrogen and oxygen atoms in total. The minimum atomic E-state index is -0.700. The molecule has 0 unspecified atom stereocenters. The molecule has 0 aromatic rings. The van der Waals surface area contributed by atoms with Crippen molar-refractivity contribution in [3.63, 3.8) is 0 Å². The largest absolute Gasteiger partial charge is 0.462 e. The van der Waals surface area contributed by atoms with E-state index in [1.165, 1.54) is 0 Å². The number of carbonyl (C=O) groups is 3. The van der Waals surface area contributed by atoms with Gasteiger partial charge in [0.2, 0.25) is 0 Å². The van der Waals surface area contributed by atoms with Crippen molar-refractivity contribution in [2.45, 2.75) is 33.3 Å². The molecule has 0 saturated heterocycles. The number of nitrogens with two attached hydrogens (primary N) is 1. The smallest absolute Gasteiger partial charge is 0.408 e. The summed E-state index contributed by atoms with van der Waals surface area (Å²) in [6.45, 7) is 6.47. The SMILES string of the molecule is CCOC(=O)C=NN(N)CC(=O)CNC(=O)OC(C)(C)C. The predicted octanol–water partition coefficient (Wildman–Crippen LogP) is -0.195. The Hall–Kier alpha value is -2.16. The Bertz CT molecular complexity index is 403. The normalized spacial score (nSPS) is 11.1. The average Bonchev–Trinajstić information content (AvgIpc) is 2.32. The van der Waals surface area contributed by atoms with Crippen molar-refractivity contribution in [1.82, 2.24) is 10.4 Å². The number of nitrogens with one attached hydrogen (secondary N) is 1. The molecule has 3 N–H and O–H groups in total. The zero-order chi connectivity index (χ0) is 16.5. The van der Waals surface area contributed by atoms with Gasteiger partial charge >= 0.3 is 12.1 Å². The first kappa shape index (κ1) is 18.8. The molecule has 120 valence electrons. The summed E-state index contributed by atoms with van der Waals surface area (Å²) in [4.78, 5) is 33.8. The van der Waals surface area contributed by atoms with Crippen LogP contribution in [0.15, 0.2) is 5.10 Å². The van der Waals surface area contributed by atoms with E-state index in [-0.39, 0.29) is 19.7 Å². The minimum Gasteiger partial charge on any atom is -0.462 e. The van der Waals surface area contributed by atoms with Gasteiger partial charge in [0.05, 0.1) is 13.2 Å². The molecule has 1 amide bonds. The number of ketones is 1. The Kier molecular flexibility index (Phi) is 7.99. The highest BCUT2D eigenvalue weighted by molar-refractivity contribution is 6.23. The summed E-state index contributed by atoms with van der Waals surface area (Å²) >= 11 is 0. The van der Waals surface area contributed by atoms with Gasteiger partial charge in [-0.1, -0.05) is 0 Å². The van der Waals surface area contributed by atoms with Crippen LogP contribution in [0.3, 0.4) is 0 Å². The Morgan fingerprint density at radius 3 is 2.48 bits per heavy atom. The fourth-order valence-corrected chi connectivity index (χ4v) is 1.06. The lowest BCUT2D eigenvalue weighted by Crippen LogP contribution is -2.40. The summed E-state index contributed by atoms with van der Waals surface area (Å²) in [6, 6.07) is 0. The molecule has 0 atom stereocenters. The van der Waals surface area contributed by atoms with Crippen LogP contribution >= 0.6 is 0 Å².